The molecule has 4 atom stereocenters. The van der Waals surface area contributed by atoms with Crippen LogP contribution < -0.4 is 0 Å². The van der Waals surface area contributed by atoms with Gasteiger partial charge in [0, 0.05) is 57.6 Å². The number of hydrogen-bond acceptors (Lipinski definition) is 7. The number of aldehydes is 1. The second-order valence-corrected chi connectivity index (χ2v) is 22.9. The molecule has 0 aliphatic carbocycles. The van der Waals surface area contributed by atoms with Gasteiger partial charge < -0.3 is 29.2 Å². The van der Waals surface area contributed by atoms with E-state index in [4.69, 9.17) is 9.47 Å². The highest BCUT2D eigenvalue weighted by molar-refractivity contribution is 5.76. The van der Waals surface area contributed by atoms with Crippen LogP contribution in [-0.4, -0.2) is 91.7 Å². The van der Waals surface area contributed by atoms with Crippen molar-refractivity contribution in [2.45, 2.75) is 330 Å². The zero-order chi connectivity index (χ0) is 53.5. The summed E-state index contributed by atoms with van der Waals surface area (Å²) >= 11 is 0. The van der Waals surface area contributed by atoms with E-state index in [0.29, 0.717) is 49.8 Å². The minimum Gasteiger partial charge on any atom is -0.465 e. The number of rotatable bonds is 60. The maximum absolute atomic E-state index is 13.4. The van der Waals surface area contributed by atoms with Gasteiger partial charge >= 0.3 is 5.97 Å². The molecule has 0 aromatic rings. The Kier molecular flexibility index (Phi) is 55.5. The van der Waals surface area contributed by atoms with Gasteiger partial charge in [0.25, 0.3) is 0 Å². The largest absolute Gasteiger partial charge is 0.465 e. The first-order valence-electron chi connectivity index (χ1n) is 32.6. The van der Waals surface area contributed by atoms with Crippen molar-refractivity contribution < 1.29 is 29.0 Å². The second kappa shape index (κ2) is 56.7. The average molecular weight is 1030 g/mol. The molecule has 0 heterocycles. The van der Waals surface area contributed by atoms with E-state index in [-0.39, 0.29) is 18.5 Å². The van der Waals surface area contributed by atoms with Crippen LogP contribution in [0.25, 0.3) is 0 Å². The molecule has 1 amide bonds. The molecule has 4 unspecified atom stereocenters. The third kappa shape index (κ3) is 46.3. The molecular formula is C65H128N2O6. The molecule has 0 saturated heterocycles. The molecule has 0 aromatic heterocycles. The van der Waals surface area contributed by atoms with Crippen molar-refractivity contribution in [1.82, 2.24) is 9.80 Å². The van der Waals surface area contributed by atoms with Gasteiger partial charge in [-0.3, -0.25) is 9.59 Å². The third-order valence-corrected chi connectivity index (χ3v) is 15.9. The van der Waals surface area contributed by atoms with E-state index >= 15 is 0 Å². The van der Waals surface area contributed by atoms with Crippen molar-refractivity contribution in [1.29, 1.82) is 0 Å². The Morgan fingerprint density at radius 3 is 1.33 bits per heavy atom. The topological polar surface area (TPSA) is 96.4 Å². The number of amides is 1. The summed E-state index contributed by atoms with van der Waals surface area (Å²) in [6, 6.07) is 0.516. The zero-order valence-corrected chi connectivity index (χ0v) is 50.0. The van der Waals surface area contributed by atoms with Crippen LogP contribution in [0.5, 0.6) is 0 Å². The van der Waals surface area contributed by atoms with E-state index in [0.717, 1.165) is 103 Å². The quantitative estimate of drug-likeness (QED) is 0.0368. The molecule has 0 bridgehead atoms. The van der Waals surface area contributed by atoms with Gasteiger partial charge in [-0.05, 0) is 102 Å². The molecule has 0 rings (SSSR count). The standard InChI is InChI=1S/C65H128N2O6/c1-7-13-19-31-44-60(42-17-11-5)57-72-58-62(56-69)46-33-26-25-28-35-48-63(47-34-27-23-24-29-37-50-65(71)73-59-61(43-18-12-6)45-32-20-14-8-2)66(54-41-55-68)51-40-30-36-49-64(70)67(52-38-21-15-9-3)53-39-22-16-10-4/h56,60-63,68H,7-55,57-59H2,1-6H3. The molecular weight excluding hydrogens is 905 g/mol. The molecule has 0 radical (unpaired) electrons. The summed E-state index contributed by atoms with van der Waals surface area (Å²) in [6.45, 7) is 19.6. The lowest BCUT2D eigenvalue weighted by molar-refractivity contribution is -0.145. The van der Waals surface area contributed by atoms with Crippen LogP contribution in [0.15, 0.2) is 0 Å². The van der Waals surface area contributed by atoms with Gasteiger partial charge in [-0.15, -0.1) is 0 Å². The first-order chi connectivity index (χ1) is 35.8. The minimum atomic E-state index is -0.00493. The number of aliphatic hydroxyl groups is 1. The van der Waals surface area contributed by atoms with Crippen LogP contribution in [-0.2, 0) is 23.9 Å². The smallest absolute Gasteiger partial charge is 0.305 e. The number of ether oxygens (including phenoxy) is 2. The average Bonchev–Trinajstić information content (AvgIpc) is 3.40. The van der Waals surface area contributed by atoms with Crippen molar-refractivity contribution >= 4 is 18.2 Å². The number of unbranched alkanes of at least 4 members (excludes halogenated alkanes) is 25. The predicted molar refractivity (Wildman–Crippen MR) is 315 cm³/mol. The van der Waals surface area contributed by atoms with Crippen molar-refractivity contribution in [3.63, 3.8) is 0 Å². The highest BCUT2D eigenvalue weighted by Gasteiger charge is 2.19. The fourth-order valence-electron chi connectivity index (χ4n) is 10.9. The molecule has 0 saturated carbocycles. The maximum Gasteiger partial charge on any atom is 0.305 e. The molecule has 73 heavy (non-hydrogen) atoms. The van der Waals surface area contributed by atoms with Gasteiger partial charge in [0.15, 0.2) is 0 Å². The molecule has 8 heteroatoms. The fourth-order valence-corrected chi connectivity index (χ4v) is 10.9. The highest BCUT2D eigenvalue weighted by atomic mass is 16.5. The van der Waals surface area contributed by atoms with Crippen LogP contribution in [0, 0.1) is 17.8 Å². The summed E-state index contributed by atoms with van der Waals surface area (Å²) in [5.41, 5.74) is 0. The molecule has 434 valence electrons. The number of esters is 1. The third-order valence-electron chi connectivity index (χ3n) is 15.9. The lowest BCUT2D eigenvalue weighted by atomic mass is 9.96. The number of hydrogen-bond donors (Lipinski definition) is 1. The number of aliphatic hydroxyl groups excluding tert-OH is 1. The van der Waals surface area contributed by atoms with Crippen molar-refractivity contribution in [2.75, 3.05) is 52.6 Å². The maximum atomic E-state index is 13.4. The predicted octanol–water partition coefficient (Wildman–Crippen LogP) is 18.4. The van der Waals surface area contributed by atoms with Crippen LogP contribution in [0.1, 0.15) is 324 Å². The van der Waals surface area contributed by atoms with E-state index in [1.165, 1.54) is 205 Å². The van der Waals surface area contributed by atoms with Crippen molar-refractivity contribution in [3.8, 4) is 0 Å². The van der Waals surface area contributed by atoms with E-state index in [1.54, 1.807) is 0 Å². The summed E-state index contributed by atoms with van der Waals surface area (Å²) in [7, 11) is 0. The summed E-state index contributed by atoms with van der Waals surface area (Å²) in [6.07, 6.45) is 52.1. The Morgan fingerprint density at radius 2 is 0.808 bits per heavy atom. The SMILES string of the molecule is CCCCCCC(CCCC)COCC(C=O)CCCCCCCC(CCCCCCCCC(=O)OCC(CCCC)CCCCCC)N(CCCO)CCCCCC(=O)N(CCCCCC)CCCCCC. The summed E-state index contributed by atoms with van der Waals surface area (Å²) in [5, 5.41) is 9.96. The highest BCUT2D eigenvalue weighted by Crippen LogP contribution is 2.23. The summed E-state index contributed by atoms with van der Waals surface area (Å²) in [4.78, 5) is 43.0. The Hall–Kier alpha value is -1.51. The van der Waals surface area contributed by atoms with E-state index < -0.39 is 0 Å². The number of carbonyl (C=O) groups is 3. The van der Waals surface area contributed by atoms with Crippen LogP contribution in [0.3, 0.4) is 0 Å². The molecule has 0 aromatic carbocycles. The Balaban J connectivity index is 5.21. The Labute approximate surface area is 455 Å². The van der Waals surface area contributed by atoms with Gasteiger partial charge in [0.2, 0.25) is 5.91 Å². The molecule has 0 aliphatic rings. The van der Waals surface area contributed by atoms with Crippen LogP contribution >= 0.6 is 0 Å². The van der Waals surface area contributed by atoms with Gasteiger partial charge in [-0.1, -0.05) is 228 Å². The molecule has 8 nitrogen and oxygen atoms in total. The van der Waals surface area contributed by atoms with Gasteiger partial charge in [-0.2, -0.15) is 0 Å². The normalized spacial score (nSPS) is 13.4. The zero-order valence-electron chi connectivity index (χ0n) is 50.0. The lowest BCUT2D eigenvalue weighted by Crippen LogP contribution is -2.37. The second-order valence-electron chi connectivity index (χ2n) is 22.9. The lowest BCUT2D eigenvalue weighted by Gasteiger charge is -2.32. The number of nitrogens with zero attached hydrogens (tertiary/aromatic N) is 2. The summed E-state index contributed by atoms with van der Waals surface area (Å²) < 4.78 is 12.0. The van der Waals surface area contributed by atoms with Crippen LogP contribution in [0.2, 0.25) is 0 Å². The molecule has 1 N–H and O–H groups in total. The van der Waals surface area contributed by atoms with Gasteiger partial charge in [0.1, 0.15) is 6.29 Å². The van der Waals surface area contributed by atoms with Gasteiger partial charge in [-0.25, -0.2) is 0 Å². The molecule has 0 aliphatic heterocycles. The first kappa shape index (κ1) is 71.5. The Morgan fingerprint density at radius 1 is 0.411 bits per heavy atom. The minimum absolute atomic E-state index is 0.00493. The summed E-state index contributed by atoms with van der Waals surface area (Å²) in [5.74, 6) is 1.52. The number of carbonyl (C=O) groups excluding carboxylic acids is 3. The van der Waals surface area contributed by atoms with E-state index in [1.807, 2.05) is 0 Å². The molecule has 0 fully saturated rings. The van der Waals surface area contributed by atoms with Crippen molar-refractivity contribution in [3.05, 3.63) is 0 Å². The van der Waals surface area contributed by atoms with Crippen LogP contribution in [0.4, 0.5) is 0 Å². The monoisotopic (exact) mass is 1030 g/mol. The first-order valence-corrected chi connectivity index (χ1v) is 32.6. The van der Waals surface area contributed by atoms with Crippen molar-refractivity contribution in [2.24, 2.45) is 17.8 Å². The fraction of sp³-hybridized carbons (Fsp3) is 0.954. The van der Waals surface area contributed by atoms with E-state index in [2.05, 4.69) is 51.3 Å². The molecule has 0 spiro atoms. The Bertz CT molecular complexity index is 1140. The van der Waals surface area contributed by atoms with E-state index in [9.17, 15) is 19.5 Å². The van der Waals surface area contributed by atoms with Gasteiger partial charge in [0.05, 0.1) is 13.2 Å².